The molecule has 1 amide bonds. The molecule has 6 nitrogen and oxygen atoms in total. The zero-order chi connectivity index (χ0) is 20.1. The summed E-state index contributed by atoms with van der Waals surface area (Å²) in [5.74, 6) is -0.680. The van der Waals surface area contributed by atoms with Crippen molar-refractivity contribution in [2.45, 2.75) is 25.1 Å². The lowest BCUT2D eigenvalue weighted by atomic mass is 9.99. The average Bonchev–Trinajstić information content (AvgIpc) is 2.69. The molecule has 1 fully saturated rings. The fourth-order valence-corrected chi connectivity index (χ4v) is 5.10. The van der Waals surface area contributed by atoms with E-state index in [9.17, 15) is 13.2 Å². The van der Waals surface area contributed by atoms with Crippen LogP contribution in [0.1, 0.15) is 24.0 Å². The van der Waals surface area contributed by atoms with Gasteiger partial charge >= 0.3 is 0 Å². The highest BCUT2D eigenvalue weighted by Crippen LogP contribution is 2.26. The maximum Gasteiger partial charge on any atom is 0.224 e. The van der Waals surface area contributed by atoms with E-state index in [1.54, 1.807) is 36.7 Å². The van der Waals surface area contributed by atoms with Crippen molar-refractivity contribution in [1.29, 1.82) is 0 Å². The van der Waals surface area contributed by atoms with E-state index in [0.717, 1.165) is 5.56 Å². The van der Waals surface area contributed by atoms with Crippen LogP contribution in [0.25, 0.3) is 0 Å². The number of pyridine rings is 1. The Balaban J connectivity index is 1.61. The highest BCUT2D eigenvalue weighted by atomic mass is 35.5. The summed E-state index contributed by atoms with van der Waals surface area (Å²) in [6, 6.07) is 8.47. The van der Waals surface area contributed by atoms with Crippen LogP contribution in [0.4, 0.5) is 0 Å². The lowest BCUT2D eigenvalue weighted by Gasteiger charge is -2.31. The molecular formula is C19H21Cl2N3O3S. The summed E-state index contributed by atoms with van der Waals surface area (Å²) in [4.78, 5) is 16.5. The largest absolute Gasteiger partial charge is 0.352 e. The van der Waals surface area contributed by atoms with Crippen LogP contribution >= 0.6 is 23.2 Å². The molecule has 0 spiro atoms. The van der Waals surface area contributed by atoms with Crippen molar-refractivity contribution in [3.63, 3.8) is 0 Å². The number of nitrogens with zero attached hydrogens (tertiary/aromatic N) is 2. The first-order valence-corrected chi connectivity index (χ1v) is 11.3. The van der Waals surface area contributed by atoms with E-state index in [-0.39, 0.29) is 24.1 Å². The molecule has 0 aliphatic carbocycles. The molecule has 1 aliphatic heterocycles. The predicted octanol–water partition coefficient (Wildman–Crippen LogP) is 3.25. The molecule has 1 aromatic carbocycles. The number of hydrogen-bond acceptors (Lipinski definition) is 4. The van der Waals surface area contributed by atoms with Gasteiger partial charge in [0.2, 0.25) is 15.9 Å². The molecule has 1 saturated heterocycles. The number of hydrogen-bond donors (Lipinski definition) is 1. The molecule has 0 radical (unpaired) electrons. The number of nitrogens with one attached hydrogen (secondary N) is 1. The fourth-order valence-electron chi connectivity index (χ4n) is 3.18. The molecule has 1 aliphatic rings. The third kappa shape index (κ3) is 5.44. The Morgan fingerprint density at radius 3 is 2.75 bits per heavy atom. The summed E-state index contributed by atoms with van der Waals surface area (Å²) in [6.45, 7) is 0.970. The molecule has 0 saturated carbocycles. The minimum Gasteiger partial charge on any atom is -0.352 e. The maximum absolute atomic E-state index is 12.8. The van der Waals surface area contributed by atoms with Crippen molar-refractivity contribution in [3.8, 4) is 0 Å². The van der Waals surface area contributed by atoms with E-state index in [0.29, 0.717) is 41.5 Å². The van der Waals surface area contributed by atoms with E-state index in [2.05, 4.69) is 10.3 Å². The van der Waals surface area contributed by atoms with Gasteiger partial charge in [0, 0.05) is 32.0 Å². The van der Waals surface area contributed by atoms with E-state index in [1.165, 1.54) is 4.31 Å². The highest BCUT2D eigenvalue weighted by molar-refractivity contribution is 7.88. The lowest BCUT2D eigenvalue weighted by molar-refractivity contribution is -0.126. The second-order valence-corrected chi connectivity index (χ2v) is 9.56. The second-order valence-electron chi connectivity index (χ2n) is 6.78. The summed E-state index contributed by atoms with van der Waals surface area (Å²) < 4.78 is 27.0. The maximum atomic E-state index is 12.8. The molecule has 1 aromatic heterocycles. The number of carbonyl (C=O) groups is 1. The van der Waals surface area contributed by atoms with Crippen molar-refractivity contribution in [2.24, 2.45) is 5.92 Å². The topological polar surface area (TPSA) is 79.4 Å². The molecule has 2 heterocycles. The monoisotopic (exact) mass is 441 g/mol. The number of halogens is 2. The van der Waals surface area contributed by atoms with Crippen LogP contribution in [0.2, 0.25) is 10.0 Å². The summed E-state index contributed by atoms with van der Waals surface area (Å²) in [5, 5.41) is 3.57. The minimum atomic E-state index is -3.56. The van der Waals surface area contributed by atoms with Crippen molar-refractivity contribution < 1.29 is 13.2 Å². The Morgan fingerprint density at radius 1 is 1.21 bits per heavy atom. The van der Waals surface area contributed by atoms with Crippen molar-refractivity contribution >= 4 is 39.1 Å². The van der Waals surface area contributed by atoms with E-state index >= 15 is 0 Å². The van der Waals surface area contributed by atoms with Crippen LogP contribution in [-0.2, 0) is 27.1 Å². The summed E-state index contributed by atoms with van der Waals surface area (Å²) in [5.41, 5.74) is 1.47. The van der Waals surface area contributed by atoms with Gasteiger partial charge < -0.3 is 5.32 Å². The Bertz CT molecular complexity index is 939. The molecule has 28 heavy (non-hydrogen) atoms. The molecule has 0 bridgehead atoms. The fraction of sp³-hybridized carbons (Fsp3) is 0.368. The average molecular weight is 442 g/mol. The van der Waals surface area contributed by atoms with Gasteiger partial charge in [-0.1, -0.05) is 35.3 Å². The predicted molar refractivity (Wildman–Crippen MR) is 109 cm³/mol. The first-order valence-electron chi connectivity index (χ1n) is 8.93. The van der Waals surface area contributed by atoms with Crippen molar-refractivity contribution in [1.82, 2.24) is 14.6 Å². The third-order valence-electron chi connectivity index (χ3n) is 4.67. The highest BCUT2D eigenvalue weighted by Gasteiger charge is 2.32. The Hall–Kier alpha value is -1.67. The number of amides is 1. The molecule has 1 N–H and O–H groups in total. The van der Waals surface area contributed by atoms with Gasteiger partial charge in [-0.25, -0.2) is 12.7 Å². The zero-order valence-corrected chi connectivity index (χ0v) is 17.5. The first kappa shape index (κ1) is 21.0. The number of aromatic nitrogens is 1. The number of rotatable bonds is 6. The van der Waals surface area contributed by atoms with Gasteiger partial charge in [-0.3, -0.25) is 9.78 Å². The third-order valence-corrected chi connectivity index (χ3v) is 7.23. The number of piperidine rings is 1. The second kappa shape index (κ2) is 9.22. The van der Waals surface area contributed by atoms with E-state index < -0.39 is 10.0 Å². The molecule has 9 heteroatoms. The molecule has 0 unspecified atom stereocenters. The Labute approximate surface area is 174 Å². The number of carbonyl (C=O) groups excluding carboxylic acids is 1. The SMILES string of the molecule is O=C(NCc1cccnc1)[C@@H]1CCCN(S(=O)(=O)Cc2ccc(Cl)c(Cl)c2)C1. The molecule has 2 aromatic rings. The van der Waals surface area contributed by atoms with Crippen LogP contribution in [-0.4, -0.2) is 36.7 Å². The number of sulfonamides is 1. The quantitative estimate of drug-likeness (QED) is 0.745. The van der Waals surface area contributed by atoms with Gasteiger partial charge in [-0.05, 0) is 42.2 Å². The van der Waals surface area contributed by atoms with Gasteiger partial charge in [-0.15, -0.1) is 0 Å². The van der Waals surface area contributed by atoms with Crippen LogP contribution in [0.5, 0.6) is 0 Å². The van der Waals surface area contributed by atoms with Crippen LogP contribution in [0.15, 0.2) is 42.7 Å². The smallest absolute Gasteiger partial charge is 0.224 e. The molecule has 150 valence electrons. The van der Waals surface area contributed by atoms with Gasteiger partial charge in [0.1, 0.15) is 0 Å². The van der Waals surface area contributed by atoms with Gasteiger partial charge in [0.25, 0.3) is 0 Å². The van der Waals surface area contributed by atoms with Crippen LogP contribution in [0.3, 0.4) is 0 Å². The molecule has 1 atom stereocenters. The number of benzene rings is 1. The summed E-state index contributed by atoms with van der Waals surface area (Å²) >= 11 is 11.9. The van der Waals surface area contributed by atoms with E-state index in [1.807, 2.05) is 6.07 Å². The standard InChI is InChI=1S/C19H21Cl2N3O3S/c20-17-6-5-14(9-18(17)21)13-28(26,27)24-8-2-4-16(12-24)19(25)23-11-15-3-1-7-22-10-15/h1,3,5-7,9-10,16H,2,4,8,11-13H2,(H,23,25)/t16-/m1/s1. The van der Waals surface area contributed by atoms with Crippen molar-refractivity contribution in [3.05, 3.63) is 63.9 Å². The van der Waals surface area contributed by atoms with Crippen LogP contribution < -0.4 is 5.32 Å². The first-order chi connectivity index (χ1) is 13.3. The summed E-state index contributed by atoms with van der Waals surface area (Å²) in [6.07, 6.45) is 4.67. The zero-order valence-electron chi connectivity index (χ0n) is 15.1. The summed E-state index contributed by atoms with van der Waals surface area (Å²) in [7, 11) is -3.56. The lowest BCUT2D eigenvalue weighted by Crippen LogP contribution is -2.45. The van der Waals surface area contributed by atoms with Gasteiger partial charge in [0.05, 0.1) is 21.7 Å². The van der Waals surface area contributed by atoms with Crippen molar-refractivity contribution in [2.75, 3.05) is 13.1 Å². The van der Waals surface area contributed by atoms with Gasteiger partial charge in [-0.2, -0.15) is 0 Å². The Morgan fingerprint density at radius 2 is 2.04 bits per heavy atom. The minimum absolute atomic E-state index is 0.140. The Kier molecular flexibility index (Phi) is 6.93. The van der Waals surface area contributed by atoms with E-state index in [4.69, 9.17) is 23.2 Å². The molecular weight excluding hydrogens is 421 g/mol. The normalized spacial score (nSPS) is 18.0. The van der Waals surface area contributed by atoms with Crippen LogP contribution in [0, 0.1) is 5.92 Å². The molecule has 3 rings (SSSR count). The van der Waals surface area contributed by atoms with Gasteiger partial charge in [0.15, 0.2) is 0 Å².